The summed E-state index contributed by atoms with van der Waals surface area (Å²) in [5.74, 6) is -0.600. The Morgan fingerprint density at radius 3 is 2.91 bits per heavy atom. The minimum absolute atomic E-state index is 0.155. The summed E-state index contributed by atoms with van der Waals surface area (Å²) in [4.78, 5) is 18.7. The molecule has 1 aliphatic rings. The van der Waals surface area contributed by atoms with Crippen molar-refractivity contribution in [2.24, 2.45) is 0 Å². The van der Waals surface area contributed by atoms with Crippen LogP contribution in [0.25, 0.3) is 0 Å². The van der Waals surface area contributed by atoms with Crippen LogP contribution >= 0.6 is 11.3 Å². The number of hydrogen-bond acceptors (Lipinski definition) is 5. The second kappa shape index (κ2) is 7.63. The zero-order valence-electron chi connectivity index (χ0n) is 12.6. The van der Waals surface area contributed by atoms with Crippen molar-refractivity contribution >= 4 is 17.2 Å². The lowest BCUT2D eigenvalue weighted by atomic mass is 10.2. The van der Waals surface area contributed by atoms with E-state index in [1.54, 1.807) is 23.6 Å². The average molecular weight is 335 g/mol. The summed E-state index contributed by atoms with van der Waals surface area (Å²) < 4.78 is 18.8. The molecule has 0 saturated carbocycles. The van der Waals surface area contributed by atoms with E-state index in [0.29, 0.717) is 11.3 Å². The highest BCUT2D eigenvalue weighted by atomic mass is 32.1. The van der Waals surface area contributed by atoms with Gasteiger partial charge in [0.15, 0.2) is 0 Å². The average Bonchev–Trinajstić information content (AvgIpc) is 3.03. The molecule has 122 valence electrons. The Kier molecular flexibility index (Phi) is 5.32. The van der Waals surface area contributed by atoms with Gasteiger partial charge in [-0.1, -0.05) is 18.2 Å². The van der Waals surface area contributed by atoms with E-state index >= 15 is 0 Å². The number of aromatic nitrogens is 1. The van der Waals surface area contributed by atoms with Gasteiger partial charge >= 0.3 is 0 Å². The van der Waals surface area contributed by atoms with Crippen LogP contribution in [0.3, 0.4) is 0 Å². The van der Waals surface area contributed by atoms with Crippen LogP contribution in [0.4, 0.5) is 4.39 Å². The predicted molar refractivity (Wildman–Crippen MR) is 85.8 cm³/mol. The number of morpholine rings is 1. The van der Waals surface area contributed by atoms with Gasteiger partial charge in [-0.15, -0.1) is 11.3 Å². The monoisotopic (exact) mass is 335 g/mol. The fourth-order valence-corrected chi connectivity index (χ4v) is 3.16. The lowest BCUT2D eigenvalue weighted by Gasteiger charge is -2.25. The first-order valence-corrected chi connectivity index (χ1v) is 8.36. The van der Waals surface area contributed by atoms with Crippen molar-refractivity contribution in [2.45, 2.75) is 13.1 Å². The Bertz CT molecular complexity index is 671. The molecule has 1 saturated heterocycles. The minimum atomic E-state index is -0.320. The van der Waals surface area contributed by atoms with Gasteiger partial charge in [0, 0.05) is 30.6 Å². The molecule has 2 heterocycles. The molecule has 3 rings (SSSR count). The molecule has 0 atom stereocenters. The standard InChI is InChI=1S/C16H18FN3O2S/c17-13-4-2-1-3-12(13)9-18-16(21)14-11-23-15(19-14)10-20-5-7-22-8-6-20/h1-4,11H,5-10H2,(H,18,21). The Balaban J connectivity index is 1.54. The number of nitrogens with zero attached hydrogens (tertiary/aromatic N) is 2. The van der Waals surface area contributed by atoms with Crippen molar-refractivity contribution in [3.8, 4) is 0 Å². The third kappa shape index (κ3) is 4.34. The van der Waals surface area contributed by atoms with E-state index in [2.05, 4.69) is 15.2 Å². The number of carbonyl (C=O) groups excluding carboxylic acids is 1. The first-order valence-electron chi connectivity index (χ1n) is 7.48. The van der Waals surface area contributed by atoms with Gasteiger partial charge < -0.3 is 10.1 Å². The molecule has 23 heavy (non-hydrogen) atoms. The first kappa shape index (κ1) is 16.0. The number of carbonyl (C=O) groups is 1. The molecule has 5 nitrogen and oxygen atoms in total. The molecule has 1 fully saturated rings. The number of thiazole rings is 1. The zero-order valence-corrected chi connectivity index (χ0v) is 13.4. The SMILES string of the molecule is O=C(NCc1ccccc1F)c1csc(CN2CCOCC2)n1. The molecule has 0 bridgehead atoms. The smallest absolute Gasteiger partial charge is 0.271 e. The molecular formula is C16H18FN3O2S. The Morgan fingerprint density at radius 2 is 2.13 bits per heavy atom. The summed E-state index contributed by atoms with van der Waals surface area (Å²) in [6.45, 7) is 4.13. The molecule has 0 spiro atoms. The van der Waals surface area contributed by atoms with Crippen LogP contribution < -0.4 is 5.32 Å². The quantitative estimate of drug-likeness (QED) is 0.909. The van der Waals surface area contributed by atoms with Crippen molar-refractivity contribution in [1.29, 1.82) is 0 Å². The van der Waals surface area contributed by atoms with Gasteiger partial charge in [-0.05, 0) is 6.07 Å². The highest BCUT2D eigenvalue weighted by molar-refractivity contribution is 7.09. The summed E-state index contributed by atoms with van der Waals surface area (Å²) in [7, 11) is 0. The number of hydrogen-bond donors (Lipinski definition) is 1. The maximum absolute atomic E-state index is 13.5. The van der Waals surface area contributed by atoms with Gasteiger partial charge in [0.05, 0.1) is 19.8 Å². The highest BCUT2D eigenvalue weighted by Crippen LogP contribution is 2.14. The third-order valence-electron chi connectivity index (χ3n) is 3.64. The van der Waals surface area contributed by atoms with Crippen LogP contribution in [0.15, 0.2) is 29.6 Å². The molecule has 1 N–H and O–H groups in total. The topological polar surface area (TPSA) is 54.5 Å². The van der Waals surface area contributed by atoms with E-state index in [1.807, 2.05) is 0 Å². The molecule has 1 aromatic carbocycles. The second-order valence-corrected chi connectivity index (χ2v) is 6.23. The van der Waals surface area contributed by atoms with E-state index in [4.69, 9.17) is 4.74 Å². The fourth-order valence-electron chi connectivity index (χ4n) is 2.35. The van der Waals surface area contributed by atoms with E-state index in [-0.39, 0.29) is 18.3 Å². The lowest BCUT2D eigenvalue weighted by Crippen LogP contribution is -2.35. The van der Waals surface area contributed by atoms with Gasteiger partial charge in [0.1, 0.15) is 16.5 Å². The Hall–Kier alpha value is -1.83. The number of nitrogens with one attached hydrogen (secondary N) is 1. The van der Waals surface area contributed by atoms with Crippen molar-refractivity contribution in [2.75, 3.05) is 26.3 Å². The summed E-state index contributed by atoms with van der Waals surface area (Å²) in [5, 5.41) is 5.35. The van der Waals surface area contributed by atoms with Crippen molar-refractivity contribution in [1.82, 2.24) is 15.2 Å². The van der Waals surface area contributed by atoms with E-state index in [9.17, 15) is 9.18 Å². The van der Waals surface area contributed by atoms with Gasteiger partial charge in [-0.3, -0.25) is 9.69 Å². The molecule has 1 aliphatic heterocycles. The summed E-state index contributed by atoms with van der Waals surface area (Å²) in [6, 6.07) is 6.40. The molecule has 1 amide bonds. The number of ether oxygens (including phenoxy) is 1. The number of amides is 1. The van der Waals surface area contributed by atoms with Crippen molar-refractivity contribution in [3.05, 3.63) is 51.7 Å². The highest BCUT2D eigenvalue weighted by Gasteiger charge is 2.15. The van der Waals surface area contributed by atoms with Gasteiger partial charge in [-0.2, -0.15) is 0 Å². The normalized spacial score (nSPS) is 15.5. The summed E-state index contributed by atoms with van der Waals surface area (Å²) >= 11 is 1.47. The minimum Gasteiger partial charge on any atom is -0.379 e. The maximum Gasteiger partial charge on any atom is 0.271 e. The van der Waals surface area contributed by atoms with Gasteiger partial charge in [0.2, 0.25) is 0 Å². The molecular weight excluding hydrogens is 317 g/mol. The predicted octanol–water partition coefficient (Wildman–Crippen LogP) is 2.04. The van der Waals surface area contributed by atoms with Crippen LogP contribution in [0, 0.1) is 5.82 Å². The number of benzene rings is 1. The van der Waals surface area contributed by atoms with Crippen LogP contribution in [-0.4, -0.2) is 42.1 Å². The summed E-state index contributed by atoms with van der Waals surface area (Å²) in [6.07, 6.45) is 0. The summed E-state index contributed by atoms with van der Waals surface area (Å²) in [5.41, 5.74) is 0.846. The van der Waals surface area contributed by atoms with Gasteiger partial charge in [-0.25, -0.2) is 9.37 Å². The lowest BCUT2D eigenvalue weighted by molar-refractivity contribution is 0.0341. The maximum atomic E-state index is 13.5. The number of rotatable bonds is 5. The second-order valence-electron chi connectivity index (χ2n) is 5.29. The molecule has 2 aromatic rings. The first-order chi connectivity index (χ1) is 11.2. The Morgan fingerprint density at radius 1 is 1.35 bits per heavy atom. The molecule has 1 aromatic heterocycles. The van der Waals surface area contributed by atoms with E-state index < -0.39 is 0 Å². The largest absolute Gasteiger partial charge is 0.379 e. The molecule has 7 heteroatoms. The van der Waals surface area contributed by atoms with Crippen LogP contribution in [0.2, 0.25) is 0 Å². The molecule has 0 unspecified atom stereocenters. The van der Waals surface area contributed by atoms with Crippen LogP contribution in [0.1, 0.15) is 21.1 Å². The van der Waals surface area contributed by atoms with E-state index in [1.165, 1.54) is 17.4 Å². The number of halogens is 1. The van der Waals surface area contributed by atoms with Crippen molar-refractivity contribution in [3.63, 3.8) is 0 Å². The van der Waals surface area contributed by atoms with Crippen LogP contribution in [0.5, 0.6) is 0 Å². The van der Waals surface area contributed by atoms with E-state index in [0.717, 1.165) is 37.9 Å². The van der Waals surface area contributed by atoms with Crippen LogP contribution in [-0.2, 0) is 17.8 Å². The van der Waals surface area contributed by atoms with Crippen molar-refractivity contribution < 1.29 is 13.9 Å². The molecule has 0 radical (unpaired) electrons. The molecule has 0 aliphatic carbocycles. The van der Waals surface area contributed by atoms with Gasteiger partial charge in [0.25, 0.3) is 5.91 Å². The third-order valence-corrected chi connectivity index (χ3v) is 4.48. The fraction of sp³-hybridized carbons (Fsp3) is 0.375. The zero-order chi connectivity index (χ0) is 16.1. The Labute approximate surface area is 138 Å².